The van der Waals surface area contributed by atoms with Crippen LogP contribution in [0.15, 0.2) is 0 Å². The van der Waals surface area contributed by atoms with Gasteiger partial charge in [-0.15, -0.1) is 0 Å². The van der Waals surface area contributed by atoms with E-state index in [0.29, 0.717) is 6.42 Å². The molecule has 5 heterocycles. The molecule has 12 N–H and O–H groups in total. The van der Waals surface area contributed by atoms with E-state index < -0.39 is 179 Å². The molecular weight excluding hydrogens is 842 g/mol. The number of carbonyl (C=O) groups excluding carboxylic acids is 2. The van der Waals surface area contributed by atoms with Gasteiger partial charge in [-0.3, -0.25) is 9.59 Å². The van der Waals surface area contributed by atoms with Gasteiger partial charge in [0, 0.05) is 20.5 Å². The molecule has 0 radical (unpaired) electrons. The SMILES string of the molecule is CCCO[C@@H]1O[C@@H](C)[C@H](O)[C@@H](O)[C@H]1O[C@@H]1O[C@@H](C)[C@H](O)[C@@H](O[C@H]2O[C@H](CO)[C@@H](O)[C@H](O)[C@H]2O)[C@H]1O[C@@H]1O[C@H](CO)[C@@H](O)[C@H](O[C@@H]2O[C@@H](C)[C@H](O)[C@@H](O)[C@H]2OC(C)=O)[C@H]1NC(C)=O. The minimum atomic E-state index is -2.00. The van der Waals surface area contributed by atoms with Crippen molar-refractivity contribution in [2.45, 2.75) is 201 Å². The molecule has 5 aliphatic heterocycles. The quantitative estimate of drug-likeness (QED) is 0.0680. The van der Waals surface area contributed by atoms with E-state index in [0.717, 1.165) is 13.8 Å². The fourth-order valence-corrected chi connectivity index (χ4v) is 7.87. The number of hydrogen-bond acceptors (Lipinski definition) is 24. The van der Waals surface area contributed by atoms with Crippen molar-refractivity contribution in [1.29, 1.82) is 0 Å². The van der Waals surface area contributed by atoms with Gasteiger partial charge in [0.05, 0.1) is 31.5 Å². The summed E-state index contributed by atoms with van der Waals surface area (Å²) in [5.41, 5.74) is 0. The highest BCUT2D eigenvalue weighted by Gasteiger charge is 2.58. The van der Waals surface area contributed by atoms with Gasteiger partial charge in [-0.25, -0.2) is 0 Å². The van der Waals surface area contributed by atoms with Crippen LogP contribution in [0.1, 0.15) is 48.0 Å². The average Bonchev–Trinajstić information content (AvgIpc) is 3.22. The number of aliphatic hydroxyl groups excluding tert-OH is 11. The Kier molecular flexibility index (Phi) is 18.2. The third kappa shape index (κ3) is 11.2. The van der Waals surface area contributed by atoms with Crippen molar-refractivity contribution in [3.05, 3.63) is 0 Å². The van der Waals surface area contributed by atoms with E-state index in [1.165, 1.54) is 20.8 Å². The maximum absolute atomic E-state index is 12.8. The van der Waals surface area contributed by atoms with Crippen LogP contribution in [-0.2, 0) is 61.7 Å². The van der Waals surface area contributed by atoms with E-state index in [2.05, 4.69) is 5.32 Å². The Morgan fingerprint density at radius 1 is 0.500 bits per heavy atom. The molecule has 25 heteroatoms. The highest BCUT2D eigenvalue weighted by atomic mass is 16.8. The summed E-state index contributed by atoms with van der Waals surface area (Å²) in [7, 11) is 0. The molecule has 62 heavy (non-hydrogen) atoms. The zero-order chi connectivity index (χ0) is 45.9. The molecule has 0 aliphatic carbocycles. The Morgan fingerprint density at radius 3 is 1.55 bits per heavy atom. The third-order valence-corrected chi connectivity index (χ3v) is 11.4. The molecule has 1 amide bonds. The topological polar surface area (TPSA) is 370 Å². The van der Waals surface area contributed by atoms with Crippen LogP contribution in [0.25, 0.3) is 0 Å². The number of hydrogen-bond donors (Lipinski definition) is 12. The summed E-state index contributed by atoms with van der Waals surface area (Å²) in [6.07, 6.45) is -39.1. The largest absolute Gasteiger partial charge is 0.454 e. The van der Waals surface area contributed by atoms with Gasteiger partial charge in [0.15, 0.2) is 37.6 Å². The molecule has 0 aromatic heterocycles. The van der Waals surface area contributed by atoms with E-state index in [-0.39, 0.29) is 6.61 Å². The van der Waals surface area contributed by atoms with Crippen LogP contribution in [0.4, 0.5) is 0 Å². The van der Waals surface area contributed by atoms with Crippen LogP contribution in [0, 0.1) is 0 Å². The zero-order valence-corrected chi connectivity index (χ0v) is 35.0. The lowest BCUT2D eigenvalue weighted by molar-refractivity contribution is -0.405. The summed E-state index contributed by atoms with van der Waals surface area (Å²) in [5.74, 6) is -1.68. The second-order valence-electron chi connectivity index (χ2n) is 16.1. The van der Waals surface area contributed by atoms with E-state index in [9.17, 15) is 65.8 Å². The van der Waals surface area contributed by atoms with Crippen molar-refractivity contribution >= 4 is 11.9 Å². The molecular formula is C37H63NO24. The highest BCUT2D eigenvalue weighted by molar-refractivity contribution is 5.73. The molecule has 5 fully saturated rings. The van der Waals surface area contributed by atoms with Crippen molar-refractivity contribution in [3.63, 3.8) is 0 Å². The van der Waals surface area contributed by atoms with Gasteiger partial charge < -0.3 is 114 Å². The molecule has 0 bridgehead atoms. The first-order valence-electron chi connectivity index (χ1n) is 20.5. The van der Waals surface area contributed by atoms with Gasteiger partial charge in [0.25, 0.3) is 0 Å². The summed E-state index contributed by atoms with van der Waals surface area (Å²) in [6, 6.07) is -1.65. The van der Waals surface area contributed by atoms with Gasteiger partial charge >= 0.3 is 5.97 Å². The lowest BCUT2D eigenvalue weighted by atomic mass is 9.94. The maximum atomic E-state index is 12.8. The minimum Gasteiger partial charge on any atom is -0.454 e. The maximum Gasteiger partial charge on any atom is 0.303 e. The smallest absolute Gasteiger partial charge is 0.303 e. The number of rotatable bonds is 15. The molecule has 0 saturated carbocycles. The molecule has 0 aromatic rings. The van der Waals surface area contributed by atoms with Crippen molar-refractivity contribution in [2.75, 3.05) is 19.8 Å². The number of nitrogens with one attached hydrogen (secondary N) is 1. The Labute approximate surface area is 356 Å². The Morgan fingerprint density at radius 2 is 0.984 bits per heavy atom. The lowest BCUT2D eigenvalue weighted by Gasteiger charge is -2.51. The summed E-state index contributed by atoms with van der Waals surface area (Å²) in [5, 5.41) is 122. The third-order valence-electron chi connectivity index (χ3n) is 11.4. The molecule has 0 aromatic carbocycles. The van der Waals surface area contributed by atoms with Gasteiger partial charge in [-0.2, -0.15) is 0 Å². The lowest BCUT2D eigenvalue weighted by Crippen LogP contribution is -2.70. The molecule has 5 rings (SSSR count). The fraction of sp³-hybridized carbons (Fsp3) is 0.946. The van der Waals surface area contributed by atoms with Crippen LogP contribution >= 0.6 is 0 Å². The first-order valence-corrected chi connectivity index (χ1v) is 20.5. The second kappa shape index (κ2) is 22.1. The van der Waals surface area contributed by atoms with Crippen LogP contribution in [0.5, 0.6) is 0 Å². The predicted molar refractivity (Wildman–Crippen MR) is 197 cm³/mol. The van der Waals surface area contributed by atoms with Gasteiger partial charge in [-0.1, -0.05) is 6.92 Å². The first-order chi connectivity index (χ1) is 29.2. The first kappa shape index (κ1) is 51.1. The second-order valence-corrected chi connectivity index (χ2v) is 16.1. The standard InChI is InChI=1S/C37H63NO24/c1-7-8-52-35-30(25(49)19(43)11(2)53-35)61-37-32(29(21(45)13(4)55-37)60-34-27(51)24(48)22(46)16(9-39)58-34)62-33-18(38-14(5)41)28(23(47)17(10-40)57-33)59-36-31(56-15(6)42)26(50)20(44)12(3)54-36/h11-13,16-37,39-40,43-51H,7-10H2,1-6H3,(H,38,41)/t11-,12-,13-,16+,17+,18+,19-,20-,21-,22+,23+,24-,25+,26+,27+,28+,29+,30+,31+,32+,33-,34+,35+,36-,37-/m0/s1. The molecule has 5 aliphatic rings. The number of carbonyl (C=O) groups is 2. The van der Waals surface area contributed by atoms with Crippen molar-refractivity contribution in [1.82, 2.24) is 5.32 Å². The number of aliphatic hydroxyl groups is 11. The predicted octanol–water partition coefficient (Wildman–Crippen LogP) is -6.69. The molecule has 5 saturated heterocycles. The molecule has 25 atom stereocenters. The van der Waals surface area contributed by atoms with Crippen molar-refractivity contribution < 1.29 is 118 Å². The molecule has 0 unspecified atom stereocenters. The number of ether oxygens (including phenoxy) is 11. The summed E-state index contributed by atoms with van der Waals surface area (Å²) in [6.45, 7) is 6.49. The van der Waals surface area contributed by atoms with Crippen LogP contribution in [0.2, 0.25) is 0 Å². The summed E-state index contributed by atoms with van der Waals surface area (Å²) >= 11 is 0. The Balaban J connectivity index is 1.57. The van der Waals surface area contributed by atoms with Crippen LogP contribution in [0.3, 0.4) is 0 Å². The molecule has 0 spiro atoms. The Bertz CT molecular complexity index is 1430. The zero-order valence-electron chi connectivity index (χ0n) is 35.0. The van der Waals surface area contributed by atoms with E-state index >= 15 is 0 Å². The van der Waals surface area contributed by atoms with E-state index in [1.54, 1.807) is 6.92 Å². The van der Waals surface area contributed by atoms with E-state index in [1.807, 2.05) is 0 Å². The molecule has 360 valence electrons. The number of esters is 1. The normalized spacial score (nSPS) is 49.0. The number of amides is 1. The van der Waals surface area contributed by atoms with Gasteiger partial charge in [0.1, 0.15) is 97.6 Å². The average molecular weight is 906 g/mol. The van der Waals surface area contributed by atoms with Crippen LogP contribution < -0.4 is 5.32 Å². The van der Waals surface area contributed by atoms with Crippen LogP contribution in [-0.4, -0.2) is 241 Å². The fourth-order valence-electron chi connectivity index (χ4n) is 7.87. The summed E-state index contributed by atoms with van der Waals surface area (Å²) in [4.78, 5) is 24.9. The van der Waals surface area contributed by atoms with Gasteiger partial charge in [0.2, 0.25) is 5.91 Å². The van der Waals surface area contributed by atoms with Crippen molar-refractivity contribution in [2.24, 2.45) is 0 Å². The Hall–Kier alpha value is -1.90. The highest BCUT2D eigenvalue weighted by Crippen LogP contribution is 2.37. The van der Waals surface area contributed by atoms with Crippen molar-refractivity contribution in [3.8, 4) is 0 Å². The minimum absolute atomic E-state index is 0.113. The van der Waals surface area contributed by atoms with Gasteiger partial charge in [-0.05, 0) is 27.2 Å². The van der Waals surface area contributed by atoms with E-state index in [4.69, 9.17) is 52.1 Å². The summed E-state index contributed by atoms with van der Waals surface area (Å²) < 4.78 is 65.1. The molecule has 25 nitrogen and oxygen atoms in total. The monoisotopic (exact) mass is 905 g/mol.